The van der Waals surface area contributed by atoms with Crippen LogP contribution in [-0.2, 0) is 9.59 Å². The number of hydrogen-bond acceptors (Lipinski definition) is 2. The Morgan fingerprint density at radius 3 is 1.26 bits per heavy atom. The van der Waals surface area contributed by atoms with E-state index in [0.717, 1.165) is 0 Å². The number of rotatable bonds is 2. The molecule has 6 unspecified atom stereocenters. The van der Waals surface area contributed by atoms with Crippen LogP contribution in [0.5, 0.6) is 0 Å². The zero-order valence-electron chi connectivity index (χ0n) is 8.79. The highest BCUT2D eigenvalue weighted by molar-refractivity contribution is 6.63. The van der Waals surface area contributed by atoms with Crippen molar-refractivity contribution in [3.63, 3.8) is 0 Å². The molecule has 10 heteroatoms. The standard InChI is InChI=1S/C9H6Cl6O4/c10-3-4(11)8(13)2(6(18)19)1(5(16)17)7(3,12)9(8,14)15/h1-4H,(H,16,17)(H,18,19). The predicted molar refractivity (Wildman–Crippen MR) is 73.1 cm³/mol. The molecule has 0 amide bonds. The lowest BCUT2D eigenvalue weighted by molar-refractivity contribution is -0.154. The fraction of sp³-hybridized carbons (Fsp3) is 0.778. The summed E-state index contributed by atoms with van der Waals surface area (Å²) in [6.45, 7) is 0. The molecule has 108 valence electrons. The molecule has 19 heavy (non-hydrogen) atoms. The van der Waals surface area contributed by atoms with E-state index in [0.29, 0.717) is 0 Å². The van der Waals surface area contributed by atoms with Crippen LogP contribution in [-0.4, -0.2) is 47.0 Å². The SMILES string of the molecule is O=C(O)C1C(C(=O)O)C2(Cl)C(Cl)C(Cl)C1(Cl)C2(Cl)Cl. The highest BCUT2D eigenvalue weighted by atomic mass is 35.5. The zero-order chi connectivity index (χ0) is 15.0. The smallest absolute Gasteiger partial charge is 0.309 e. The molecule has 2 aliphatic rings. The lowest BCUT2D eigenvalue weighted by Crippen LogP contribution is -2.55. The van der Waals surface area contributed by atoms with Crippen LogP contribution in [0, 0.1) is 11.8 Å². The van der Waals surface area contributed by atoms with Gasteiger partial charge in [0.1, 0.15) is 9.75 Å². The number of halogens is 6. The fourth-order valence-electron chi connectivity index (χ4n) is 2.93. The van der Waals surface area contributed by atoms with Crippen LogP contribution in [0.25, 0.3) is 0 Å². The van der Waals surface area contributed by atoms with Crippen molar-refractivity contribution in [3.8, 4) is 0 Å². The molecule has 0 radical (unpaired) electrons. The Morgan fingerprint density at radius 1 is 0.789 bits per heavy atom. The molecule has 6 atom stereocenters. The number of alkyl halides is 6. The van der Waals surface area contributed by atoms with Gasteiger partial charge in [-0.1, -0.05) is 23.2 Å². The average molecular weight is 391 g/mol. The molecule has 2 aliphatic carbocycles. The molecule has 0 aromatic rings. The topological polar surface area (TPSA) is 74.6 Å². The fourth-order valence-corrected chi connectivity index (χ4v) is 6.27. The molecule has 0 heterocycles. The molecule has 2 rings (SSSR count). The Labute approximate surface area is 137 Å². The second kappa shape index (κ2) is 4.34. The maximum absolute atomic E-state index is 11.4. The summed E-state index contributed by atoms with van der Waals surface area (Å²) in [5.41, 5.74) is 0. The Hall–Kier alpha value is 0.680. The second-order valence-corrected chi connectivity index (χ2v) is 8.06. The van der Waals surface area contributed by atoms with Gasteiger partial charge >= 0.3 is 11.9 Å². The van der Waals surface area contributed by atoms with Gasteiger partial charge in [0.25, 0.3) is 0 Å². The predicted octanol–water partition coefficient (Wildman–Crippen LogP) is 2.76. The Bertz CT molecular complexity index is 430. The summed E-state index contributed by atoms with van der Waals surface area (Å²) in [7, 11) is 0. The molecular formula is C9H6Cl6O4. The van der Waals surface area contributed by atoms with Crippen molar-refractivity contribution in [2.24, 2.45) is 11.8 Å². The van der Waals surface area contributed by atoms with E-state index in [4.69, 9.17) is 69.6 Å². The highest BCUT2D eigenvalue weighted by Crippen LogP contribution is 2.75. The van der Waals surface area contributed by atoms with Crippen molar-refractivity contribution in [2.75, 3.05) is 0 Å². The summed E-state index contributed by atoms with van der Waals surface area (Å²) in [5, 5.41) is 16.1. The third kappa shape index (κ3) is 1.51. The number of carbonyl (C=O) groups is 2. The molecule has 0 aromatic heterocycles. The normalized spacial score (nSPS) is 51.3. The van der Waals surface area contributed by atoms with Gasteiger partial charge in [-0.05, 0) is 0 Å². The van der Waals surface area contributed by atoms with Gasteiger partial charge in [-0.2, -0.15) is 0 Å². The maximum atomic E-state index is 11.4. The van der Waals surface area contributed by atoms with E-state index in [1.54, 1.807) is 0 Å². The van der Waals surface area contributed by atoms with E-state index in [1.165, 1.54) is 0 Å². The summed E-state index contributed by atoms with van der Waals surface area (Å²) in [6.07, 6.45) is 0. The van der Waals surface area contributed by atoms with E-state index >= 15 is 0 Å². The summed E-state index contributed by atoms with van der Waals surface area (Å²) >= 11 is 36.6. The molecule has 2 N–H and O–H groups in total. The maximum Gasteiger partial charge on any atom is 0.309 e. The quantitative estimate of drug-likeness (QED) is 0.711. The van der Waals surface area contributed by atoms with E-state index in [1.807, 2.05) is 0 Å². The molecule has 0 aromatic carbocycles. The highest BCUT2D eigenvalue weighted by Gasteiger charge is 2.88. The van der Waals surface area contributed by atoms with E-state index < -0.39 is 48.6 Å². The van der Waals surface area contributed by atoms with E-state index in [2.05, 4.69) is 0 Å². The first-order valence-corrected chi connectivity index (χ1v) is 7.33. The number of aliphatic carboxylic acids is 2. The first kappa shape index (κ1) is 16.1. The van der Waals surface area contributed by atoms with E-state index in [-0.39, 0.29) is 0 Å². The van der Waals surface area contributed by atoms with Crippen molar-refractivity contribution >= 4 is 81.5 Å². The summed E-state index contributed by atoms with van der Waals surface area (Å²) in [5.74, 6) is -6.30. The summed E-state index contributed by atoms with van der Waals surface area (Å²) < 4.78 is -2.10. The number of carboxylic acid groups (broad SMARTS) is 2. The van der Waals surface area contributed by atoms with Gasteiger partial charge in [-0.25, -0.2) is 0 Å². The number of carboxylic acids is 2. The number of fused-ring (bicyclic) bond motifs is 2. The van der Waals surface area contributed by atoms with Gasteiger partial charge in [0, 0.05) is 0 Å². The molecule has 2 fully saturated rings. The van der Waals surface area contributed by atoms with Gasteiger partial charge in [0.05, 0.1) is 22.6 Å². The molecule has 2 bridgehead atoms. The Balaban J connectivity index is 2.75. The second-order valence-electron chi connectivity index (χ2n) is 4.55. The minimum Gasteiger partial charge on any atom is -0.481 e. The van der Waals surface area contributed by atoms with Gasteiger partial charge in [0.2, 0.25) is 0 Å². The molecule has 2 saturated carbocycles. The Morgan fingerprint density at radius 2 is 1.05 bits per heavy atom. The van der Waals surface area contributed by atoms with Gasteiger partial charge < -0.3 is 10.2 Å². The first-order chi connectivity index (χ1) is 8.45. The van der Waals surface area contributed by atoms with Crippen LogP contribution in [0.3, 0.4) is 0 Å². The van der Waals surface area contributed by atoms with Gasteiger partial charge in [-0.3, -0.25) is 9.59 Å². The monoisotopic (exact) mass is 388 g/mol. The van der Waals surface area contributed by atoms with E-state index in [9.17, 15) is 19.8 Å². The average Bonchev–Trinajstić information content (AvgIpc) is 2.48. The first-order valence-electron chi connectivity index (χ1n) is 4.95. The summed E-state index contributed by atoms with van der Waals surface area (Å²) in [4.78, 5) is 18.8. The molecule has 0 aliphatic heterocycles. The van der Waals surface area contributed by atoms with Crippen LogP contribution in [0.2, 0.25) is 0 Å². The van der Waals surface area contributed by atoms with Crippen LogP contribution < -0.4 is 0 Å². The third-order valence-electron chi connectivity index (χ3n) is 3.79. The van der Waals surface area contributed by atoms with Gasteiger partial charge in [0.15, 0.2) is 4.33 Å². The van der Waals surface area contributed by atoms with Crippen LogP contribution in [0.4, 0.5) is 0 Å². The third-order valence-corrected chi connectivity index (χ3v) is 8.48. The lowest BCUT2D eigenvalue weighted by atomic mass is 9.78. The van der Waals surface area contributed by atoms with Crippen molar-refractivity contribution < 1.29 is 19.8 Å². The van der Waals surface area contributed by atoms with Crippen LogP contribution >= 0.6 is 69.6 Å². The van der Waals surface area contributed by atoms with Crippen molar-refractivity contribution in [3.05, 3.63) is 0 Å². The van der Waals surface area contributed by atoms with Gasteiger partial charge in [-0.15, -0.1) is 46.4 Å². The molecule has 0 spiro atoms. The van der Waals surface area contributed by atoms with Crippen LogP contribution in [0.15, 0.2) is 0 Å². The number of hydrogen-bond donors (Lipinski definition) is 2. The minimum atomic E-state index is -2.10. The molecular weight excluding hydrogens is 385 g/mol. The lowest BCUT2D eigenvalue weighted by Gasteiger charge is -2.37. The van der Waals surface area contributed by atoms with Crippen molar-refractivity contribution in [1.29, 1.82) is 0 Å². The largest absolute Gasteiger partial charge is 0.481 e. The Kier molecular flexibility index (Phi) is 3.67. The minimum absolute atomic E-state index is 1.19. The summed E-state index contributed by atoms with van der Waals surface area (Å²) in [6, 6.07) is 0. The van der Waals surface area contributed by atoms with Crippen LogP contribution in [0.1, 0.15) is 0 Å². The zero-order valence-corrected chi connectivity index (χ0v) is 13.3. The van der Waals surface area contributed by atoms with Crippen molar-refractivity contribution in [1.82, 2.24) is 0 Å². The molecule has 0 saturated heterocycles. The molecule has 4 nitrogen and oxygen atoms in total. The van der Waals surface area contributed by atoms with Crippen molar-refractivity contribution in [2.45, 2.75) is 24.8 Å².